The Labute approximate surface area is 157 Å². The second-order valence-corrected chi connectivity index (χ2v) is 9.61. The third kappa shape index (κ3) is 3.50. The van der Waals surface area contributed by atoms with Crippen LogP contribution in [0.2, 0.25) is 5.02 Å². The minimum atomic E-state index is -3.48. The van der Waals surface area contributed by atoms with Crippen LogP contribution in [0, 0.1) is 18.8 Å². The van der Waals surface area contributed by atoms with E-state index in [0.29, 0.717) is 40.4 Å². The van der Waals surface area contributed by atoms with Gasteiger partial charge < -0.3 is 0 Å². The molecule has 1 saturated heterocycles. The summed E-state index contributed by atoms with van der Waals surface area (Å²) in [5, 5.41) is 0.493. The molecule has 130 valence electrons. The van der Waals surface area contributed by atoms with Gasteiger partial charge in [-0.15, -0.1) is 0 Å². The molecule has 0 radical (unpaired) electrons. The number of benzene rings is 1. The second kappa shape index (κ2) is 7.32. The molecule has 2 aliphatic rings. The van der Waals surface area contributed by atoms with Crippen molar-refractivity contribution in [3.63, 3.8) is 0 Å². The standard InChI is InChI=1S/C18H21BrClNO2S/c1-13-17(20)7-4-8-18(13)24(22,23)21-11-9-14(10-12-21)15-5-2-3-6-16(15)19/h2,4-8,14-15H,3,9-12H2,1H3. The predicted octanol–water partition coefficient (Wildman–Crippen LogP) is 4.90. The van der Waals surface area contributed by atoms with E-state index in [1.165, 1.54) is 4.48 Å². The third-order valence-corrected chi connectivity index (χ3v) is 8.26. The summed E-state index contributed by atoms with van der Waals surface area (Å²) in [5.74, 6) is 0.871. The fourth-order valence-corrected chi connectivity index (χ4v) is 6.16. The number of halogens is 2. The molecule has 1 aromatic rings. The second-order valence-electron chi connectivity index (χ2n) is 6.38. The van der Waals surface area contributed by atoms with Gasteiger partial charge in [-0.1, -0.05) is 51.8 Å². The van der Waals surface area contributed by atoms with Crippen molar-refractivity contribution >= 4 is 37.6 Å². The van der Waals surface area contributed by atoms with Gasteiger partial charge in [-0.05, 0) is 54.3 Å². The average molecular weight is 431 g/mol. The maximum atomic E-state index is 12.9. The molecule has 24 heavy (non-hydrogen) atoms. The van der Waals surface area contributed by atoms with E-state index in [9.17, 15) is 8.42 Å². The van der Waals surface area contributed by atoms with Gasteiger partial charge in [0.15, 0.2) is 0 Å². The summed E-state index contributed by atoms with van der Waals surface area (Å²) in [6, 6.07) is 5.07. The Balaban J connectivity index is 1.74. The van der Waals surface area contributed by atoms with Crippen LogP contribution in [0.3, 0.4) is 0 Å². The smallest absolute Gasteiger partial charge is 0.207 e. The summed E-state index contributed by atoms with van der Waals surface area (Å²) >= 11 is 9.76. The van der Waals surface area contributed by atoms with Gasteiger partial charge in [-0.25, -0.2) is 8.42 Å². The lowest BCUT2D eigenvalue weighted by Gasteiger charge is -2.35. The Kier molecular flexibility index (Phi) is 5.55. The number of hydrogen-bond donors (Lipinski definition) is 0. The molecular formula is C18H21BrClNO2S. The van der Waals surface area contributed by atoms with E-state index in [4.69, 9.17) is 11.6 Å². The molecule has 0 saturated carbocycles. The first-order chi connectivity index (χ1) is 11.4. The molecule has 1 fully saturated rings. The van der Waals surface area contributed by atoms with Gasteiger partial charge >= 0.3 is 0 Å². The molecule has 0 amide bonds. The van der Waals surface area contributed by atoms with E-state index in [1.54, 1.807) is 29.4 Å². The topological polar surface area (TPSA) is 37.4 Å². The Morgan fingerprint density at radius 2 is 1.96 bits per heavy atom. The molecule has 3 nitrogen and oxygen atoms in total. The number of nitrogens with zero attached hydrogens (tertiary/aromatic N) is 1. The molecule has 6 heteroatoms. The minimum absolute atomic E-state index is 0.326. The summed E-state index contributed by atoms with van der Waals surface area (Å²) in [5.41, 5.74) is 0.627. The fraction of sp³-hybridized carbons (Fsp3) is 0.444. The zero-order valence-corrected chi connectivity index (χ0v) is 16.7. The molecule has 1 unspecified atom stereocenters. The lowest BCUT2D eigenvalue weighted by molar-refractivity contribution is 0.248. The van der Waals surface area contributed by atoms with E-state index in [0.717, 1.165) is 19.3 Å². The Morgan fingerprint density at radius 1 is 1.25 bits per heavy atom. The molecule has 0 spiro atoms. The molecule has 3 rings (SSSR count). The van der Waals surface area contributed by atoms with Crippen LogP contribution in [-0.4, -0.2) is 25.8 Å². The van der Waals surface area contributed by atoms with Crippen molar-refractivity contribution in [2.75, 3.05) is 13.1 Å². The van der Waals surface area contributed by atoms with Gasteiger partial charge in [0.05, 0.1) is 4.90 Å². The number of sulfonamides is 1. The van der Waals surface area contributed by atoms with Crippen LogP contribution >= 0.6 is 27.5 Å². The first-order valence-corrected chi connectivity index (χ1v) is 10.8. The minimum Gasteiger partial charge on any atom is -0.207 e. The van der Waals surface area contributed by atoms with Crippen LogP contribution < -0.4 is 0 Å². The summed E-state index contributed by atoms with van der Waals surface area (Å²) in [7, 11) is -3.48. The largest absolute Gasteiger partial charge is 0.243 e. The summed E-state index contributed by atoms with van der Waals surface area (Å²) in [6.45, 7) is 2.88. The lowest BCUT2D eigenvalue weighted by atomic mass is 9.83. The van der Waals surface area contributed by atoms with Crippen molar-refractivity contribution < 1.29 is 8.42 Å². The maximum absolute atomic E-state index is 12.9. The number of hydrogen-bond acceptors (Lipinski definition) is 2. The van der Waals surface area contributed by atoms with E-state index in [1.807, 2.05) is 0 Å². The molecule has 0 aromatic heterocycles. The summed E-state index contributed by atoms with van der Waals surface area (Å²) in [4.78, 5) is 0.326. The molecule has 1 heterocycles. The van der Waals surface area contributed by atoms with Crippen LogP contribution in [-0.2, 0) is 10.0 Å². The highest BCUT2D eigenvalue weighted by atomic mass is 79.9. The van der Waals surface area contributed by atoms with Gasteiger partial charge in [0.2, 0.25) is 10.0 Å². The predicted molar refractivity (Wildman–Crippen MR) is 102 cm³/mol. The van der Waals surface area contributed by atoms with E-state index in [-0.39, 0.29) is 0 Å². The summed E-state index contributed by atoms with van der Waals surface area (Å²) in [6.07, 6.45) is 9.35. The van der Waals surface area contributed by atoms with Gasteiger partial charge in [0.25, 0.3) is 0 Å². The zero-order chi connectivity index (χ0) is 17.3. The van der Waals surface area contributed by atoms with Crippen molar-refractivity contribution in [1.82, 2.24) is 4.31 Å². The van der Waals surface area contributed by atoms with Crippen molar-refractivity contribution in [3.05, 3.63) is 51.5 Å². The highest BCUT2D eigenvalue weighted by Gasteiger charge is 2.33. The quantitative estimate of drug-likeness (QED) is 0.639. The Bertz CT molecular complexity index is 780. The fourth-order valence-electron chi connectivity index (χ4n) is 3.50. The van der Waals surface area contributed by atoms with Crippen LogP contribution in [0.1, 0.15) is 24.8 Å². The molecular weight excluding hydrogens is 410 g/mol. The van der Waals surface area contributed by atoms with Gasteiger partial charge in [-0.3, -0.25) is 0 Å². The highest BCUT2D eigenvalue weighted by Crippen LogP contribution is 2.37. The number of rotatable bonds is 3. The normalized spacial score (nSPS) is 23.3. The summed E-state index contributed by atoms with van der Waals surface area (Å²) < 4.78 is 28.7. The van der Waals surface area contributed by atoms with E-state index < -0.39 is 10.0 Å². The molecule has 1 aromatic carbocycles. The van der Waals surface area contributed by atoms with Gasteiger partial charge in [-0.2, -0.15) is 4.31 Å². The first-order valence-electron chi connectivity index (χ1n) is 8.18. The lowest BCUT2D eigenvalue weighted by Crippen LogP contribution is -2.40. The zero-order valence-electron chi connectivity index (χ0n) is 13.6. The van der Waals surface area contributed by atoms with Crippen molar-refractivity contribution in [2.24, 2.45) is 11.8 Å². The van der Waals surface area contributed by atoms with E-state index in [2.05, 4.69) is 34.2 Å². The molecule has 1 aliphatic carbocycles. The molecule has 1 atom stereocenters. The molecule has 0 N–H and O–H groups in total. The SMILES string of the molecule is Cc1c(Cl)cccc1S(=O)(=O)N1CCC(C2C=CCC=C2Br)CC1. The average Bonchev–Trinajstić information content (AvgIpc) is 2.58. The highest BCUT2D eigenvalue weighted by molar-refractivity contribution is 9.11. The number of piperidine rings is 1. The maximum Gasteiger partial charge on any atom is 0.243 e. The van der Waals surface area contributed by atoms with Crippen LogP contribution in [0.15, 0.2) is 45.8 Å². The van der Waals surface area contributed by atoms with Gasteiger partial charge in [0, 0.05) is 24.0 Å². The van der Waals surface area contributed by atoms with Crippen LogP contribution in [0.4, 0.5) is 0 Å². The van der Waals surface area contributed by atoms with Crippen LogP contribution in [0.5, 0.6) is 0 Å². The van der Waals surface area contributed by atoms with Crippen LogP contribution in [0.25, 0.3) is 0 Å². The molecule has 0 bridgehead atoms. The monoisotopic (exact) mass is 429 g/mol. The Hall–Kier alpha value is -0.620. The van der Waals surface area contributed by atoms with Crippen molar-refractivity contribution in [2.45, 2.75) is 31.1 Å². The number of allylic oxidation sites excluding steroid dienone is 4. The van der Waals surface area contributed by atoms with Crippen molar-refractivity contribution in [1.29, 1.82) is 0 Å². The molecule has 1 aliphatic heterocycles. The van der Waals surface area contributed by atoms with E-state index >= 15 is 0 Å². The van der Waals surface area contributed by atoms with Gasteiger partial charge in [0.1, 0.15) is 0 Å². The van der Waals surface area contributed by atoms with Crippen molar-refractivity contribution in [3.8, 4) is 0 Å². The Morgan fingerprint density at radius 3 is 2.62 bits per heavy atom. The third-order valence-electron chi connectivity index (χ3n) is 4.95. The first kappa shape index (κ1) is 18.2.